The van der Waals surface area contributed by atoms with Gasteiger partial charge in [0.25, 0.3) is 0 Å². The predicted molar refractivity (Wildman–Crippen MR) is 99.1 cm³/mol. The van der Waals surface area contributed by atoms with Crippen molar-refractivity contribution in [3.63, 3.8) is 0 Å². The van der Waals surface area contributed by atoms with E-state index in [0.29, 0.717) is 11.4 Å². The van der Waals surface area contributed by atoms with E-state index in [9.17, 15) is 22.8 Å². The third kappa shape index (κ3) is 5.90. The molecule has 0 aromatic heterocycles. The summed E-state index contributed by atoms with van der Waals surface area (Å²) in [5.74, 6) is -0.611. The number of primary amides is 1. The number of rotatable bonds is 8. The molecule has 0 fully saturated rings. The minimum atomic E-state index is -4.59. The van der Waals surface area contributed by atoms with Crippen molar-refractivity contribution in [3.05, 3.63) is 54.1 Å². The second-order valence-corrected chi connectivity index (χ2v) is 5.93. The number of nitrogens with two attached hydrogens (primary N) is 1. The monoisotopic (exact) mass is 395 g/mol. The van der Waals surface area contributed by atoms with Crippen molar-refractivity contribution >= 4 is 23.2 Å². The van der Waals surface area contributed by atoms with E-state index < -0.39 is 23.6 Å². The number of amides is 2. The summed E-state index contributed by atoms with van der Waals surface area (Å²) in [4.78, 5) is 25.1. The van der Waals surface area contributed by atoms with Crippen LogP contribution < -0.4 is 20.7 Å². The lowest BCUT2D eigenvalue weighted by Crippen LogP contribution is -2.36. The number of ether oxygens (including phenoxy) is 1. The Kier molecular flexibility index (Phi) is 6.86. The largest absolute Gasteiger partial charge is 0.497 e. The number of nitrogens with zero attached hydrogens (tertiary/aromatic N) is 1. The zero-order valence-corrected chi connectivity index (χ0v) is 15.1. The van der Waals surface area contributed by atoms with E-state index in [-0.39, 0.29) is 25.2 Å². The van der Waals surface area contributed by atoms with Gasteiger partial charge in [0.1, 0.15) is 5.75 Å². The predicted octanol–water partition coefficient (Wildman–Crippen LogP) is 3.03. The second-order valence-electron chi connectivity index (χ2n) is 5.93. The number of alkyl halides is 3. The Balaban J connectivity index is 2.17. The van der Waals surface area contributed by atoms with E-state index in [1.165, 1.54) is 25.3 Å². The zero-order chi connectivity index (χ0) is 20.7. The minimum Gasteiger partial charge on any atom is -0.497 e. The lowest BCUT2D eigenvalue weighted by Gasteiger charge is -2.24. The molecule has 6 nitrogen and oxygen atoms in total. The van der Waals surface area contributed by atoms with Crippen molar-refractivity contribution in [1.82, 2.24) is 0 Å². The van der Waals surface area contributed by atoms with E-state index in [2.05, 4.69) is 5.32 Å². The van der Waals surface area contributed by atoms with Gasteiger partial charge in [-0.15, -0.1) is 0 Å². The fourth-order valence-electron chi connectivity index (χ4n) is 2.54. The van der Waals surface area contributed by atoms with Gasteiger partial charge >= 0.3 is 6.18 Å². The summed E-state index contributed by atoms with van der Waals surface area (Å²) < 4.78 is 44.3. The molecular formula is C19H20F3N3O3. The molecule has 150 valence electrons. The molecule has 0 atom stereocenters. The Labute approximate surface area is 160 Å². The SMILES string of the molecule is COc1ccc(N(CCC(N)=O)CC(=O)Nc2ccccc2C(F)(F)F)cc1. The Bertz CT molecular complexity index is 823. The normalized spacial score (nSPS) is 11.0. The van der Waals surface area contributed by atoms with Crippen LogP contribution in [-0.4, -0.2) is 32.0 Å². The Morgan fingerprint density at radius 1 is 1.11 bits per heavy atom. The van der Waals surface area contributed by atoms with Gasteiger partial charge in [0, 0.05) is 18.7 Å². The number of hydrogen-bond donors (Lipinski definition) is 2. The molecule has 0 spiro atoms. The number of para-hydroxylation sites is 1. The van der Waals surface area contributed by atoms with Gasteiger partial charge in [-0.2, -0.15) is 13.2 Å². The highest BCUT2D eigenvalue weighted by Crippen LogP contribution is 2.34. The van der Waals surface area contributed by atoms with Crippen LogP contribution in [0.15, 0.2) is 48.5 Å². The molecule has 28 heavy (non-hydrogen) atoms. The van der Waals surface area contributed by atoms with Gasteiger partial charge in [0.2, 0.25) is 11.8 Å². The van der Waals surface area contributed by atoms with Gasteiger partial charge in [-0.05, 0) is 36.4 Å². The smallest absolute Gasteiger partial charge is 0.418 e. The molecule has 0 radical (unpaired) electrons. The van der Waals surface area contributed by atoms with Gasteiger partial charge in [0.15, 0.2) is 0 Å². The second kappa shape index (κ2) is 9.12. The van der Waals surface area contributed by atoms with E-state index in [1.54, 1.807) is 29.2 Å². The van der Waals surface area contributed by atoms with Gasteiger partial charge in [-0.3, -0.25) is 9.59 Å². The van der Waals surface area contributed by atoms with Crippen LogP contribution in [0.1, 0.15) is 12.0 Å². The summed E-state index contributed by atoms with van der Waals surface area (Å²) in [7, 11) is 1.51. The van der Waals surface area contributed by atoms with E-state index in [4.69, 9.17) is 10.5 Å². The fourth-order valence-corrected chi connectivity index (χ4v) is 2.54. The highest BCUT2D eigenvalue weighted by molar-refractivity contribution is 5.95. The van der Waals surface area contributed by atoms with Crippen molar-refractivity contribution in [2.75, 3.05) is 30.4 Å². The molecule has 2 rings (SSSR count). The molecule has 2 aromatic rings. The highest BCUT2D eigenvalue weighted by atomic mass is 19.4. The number of carbonyl (C=O) groups excluding carboxylic acids is 2. The average molecular weight is 395 g/mol. The standard InChI is InChI=1S/C19H20F3N3O3/c1-28-14-8-6-13(7-9-14)25(11-10-17(23)26)12-18(27)24-16-5-3-2-4-15(16)19(20,21)22/h2-9H,10-12H2,1H3,(H2,23,26)(H,24,27). The molecule has 0 aliphatic rings. The quantitative estimate of drug-likeness (QED) is 0.720. The average Bonchev–Trinajstić information content (AvgIpc) is 2.64. The number of halogens is 3. The van der Waals surface area contributed by atoms with Crippen molar-refractivity contribution in [3.8, 4) is 5.75 Å². The fraction of sp³-hybridized carbons (Fsp3) is 0.263. The molecule has 0 unspecified atom stereocenters. The molecule has 2 aromatic carbocycles. The van der Waals surface area contributed by atoms with Crippen LogP contribution in [-0.2, 0) is 15.8 Å². The van der Waals surface area contributed by atoms with Crippen LogP contribution in [0.5, 0.6) is 5.75 Å². The zero-order valence-electron chi connectivity index (χ0n) is 15.1. The van der Waals surface area contributed by atoms with Crippen LogP contribution >= 0.6 is 0 Å². The van der Waals surface area contributed by atoms with Gasteiger partial charge in [-0.1, -0.05) is 12.1 Å². The van der Waals surface area contributed by atoms with Gasteiger partial charge < -0.3 is 20.7 Å². The van der Waals surface area contributed by atoms with Crippen molar-refractivity contribution in [2.45, 2.75) is 12.6 Å². The first kappa shape index (κ1) is 21.1. The summed E-state index contributed by atoms with van der Waals surface area (Å²) in [6, 6.07) is 11.4. The van der Waals surface area contributed by atoms with Gasteiger partial charge in [-0.25, -0.2) is 0 Å². The summed E-state index contributed by atoms with van der Waals surface area (Å²) >= 11 is 0. The van der Waals surface area contributed by atoms with Crippen LogP contribution in [0.2, 0.25) is 0 Å². The Morgan fingerprint density at radius 3 is 2.32 bits per heavy atom. The van der Waals surface area contributed by atoms with Crippen LogP contribution in [0.25, 0.3) is 0 Å². The molecule has 0 saturated carbocycles. The number of nitrogens with one attached hydrogen (secondary N) is 1. The summed E-state index contributed by atoms with van der Waals surface area (Å²) in [5.41, 5.74) is 4.51. The summed E-state index contributed by atoms with van der Waals surface area (Å²) in [5, 5.41) is 2.29. The van der Waals surface area contributed by atoms with Crippen LogP contribution in [0.3, 0.4) is 0 Å². The lowest BCUT2D eigenvalue weighted by molar-refractivity contribution is -0.137. The number of benzene rings is 2. The molecular weight excluding hydrogens is 375 g/mol. The Morgan fingerprint density at radius 2 is 1.75 bits per heavy atom. The summed E-state index contributed by atoms with van der Waals surface area (Å²) in [6.07, 6.45) is -4.61. The molecule has 0 heterocycles. The maximum atomic E-state index is 13.1. The number of carbonyl (C=O) groups is 2. The maximum Gasteiger partial charge on any atom is 0.418 e. The molecule has 2 amide bonds. The first-order chi connectivity index (χ1) is 13.2. The number of methoxy groups -OCH3 is 1. The van der Waals surface area contributed by atoms with Crippen LogP contribution in [0, 0.1) is 0 Å². The molecule has 0 aliphatic carbocycles. The lowest BCUT2D eigenvalue weighted by atomic mass is 10.1. The number of anilines is 2. The van der Waals surface area contributed by atoms with Crippen LogP contribution in [0.4, 0.5) is 24.5 Å². The molecule has 9 heteroatoms. The Hall–Kier alpha value is -3.23. The molecule has 0 saturated heterocycles. The first-order valence-electron chi connectivity index (χ1n) is 8.34. The molecule has 0 bridgehead atoms. The van der Waals surface area contributed by atoms with Crippen molar-refractivity contribution in [1.29, 1.82) is 0 Å². The minimum absolute atomic E-state index is 0.0154. The third-order valence-electron chi connectivity index (χ3n) is 3.91. The summed E-state index contributed by atoms with van der Waals surface area (Å²) in [6.45, 7) is -0.123. The van der Waals surface area contributed by atoms with E-state index in [1.807, 2.05) is 0 Å². The van der Waals surface area contributed by atoms with Crippen molar-refractivity contribution < 1.29 is 27.5 Å². The maximum absolute atomic E-state index is 13.1. The van der Waals surface area contributed by atoms with Gasteiger partial charge in [0.05, 0.1) is 24.9 Å². The molecule has 0 aliphatic heterocycles. The van der Waals surface area contributed by atoms with E-state index >= 15 is 0 Å². The molecule has 3 N–H and O–H groups in total. The van der Waals surface area contributed by atoms with E-state index in [0.717, 1.165) is 6.07 Å². The van der Waals surface area contributed by atoms with Crippen molar-refractivity contribution in [2.24, 2.45) is 5.73 Å². The number of hydrogen-bond acceptors (Lipinski definition) is 4. The third-order valence-corrected chi connectivity index (χ3v) is 3.91. The highest BCUT2D eigenvalue weighted by Gasteiger charge is 2.33. The topological polar surface area (TPSA) is 84.7 Å². The first-order valence-corrected chi connectivity index (χ1v) is 8.34.